The third kappa shape index (κ3) is 6.28. The fourth-order valence-electron chi connectivity index (χ4n) is 4.01. The van der Waals surface area contributed by atoms with Gasteiger partial charge in [0.15, 0.2) is 5.96 Å². The number of nitrogens with one attached hydrogen (secondary N) is 4. The second-order valence-corrected chi connectivity index (χ2v) is 9.11. The number of rotatable bonds is 7. The molecule has 0 bridgehead atoms. The maximum Gasteiger partial charge on any atom is 0.419 e. The van der Waals surface area contributed by atoms with Crippen molar-refractivity contribution >= 4 is 23.6 Å². The smallest absolute Gasteiger partial charge is 0.342 e. The highest BCUT2D eigenvalue weighted by Crippen LogP contribution is 2.33. The number of benzene rings is 2. The molecule has 2 aromatic rings. The third-order valence-electron chi connectivity index (χ3n) is 5.54. The van der Waals surface area contributed by atoms with Gasteiger partial charge in [0.05, 0.1) is 12.1 Å². The number of hydrogen-bond acceptors (Lipinski definition) is 3. The van der Waals surface area contributed by atoms with Gasteiger partial charge in [0.2, 0.25) is 0 Å². The number of carbonyl (C=O) groups excluding carboxylic acids is 2. The number of alkyl halides is 3. The Morgan fingerprint density at radius 3 is 2.37 bits per heavy atom. The van der Waals surface area contributed by atoms with Crippen LogP contribution in [0.2, 0.25) is 0 Å². The van der Waals surface area contributed by atoms with Crippen molar-refractivity contribution in [3.8, 4) is 0 Å². The van der Waals surface area contributed by atoms with E-state index in [1.54, 1.807) is 31.2 Å². The number of guanidine groups is 1. The molecule has 0 spiro atoms. The summed E-state index contributed by atoms with van der Waals surface area (Å²) in [5.41, 5.74) is -0.964. The molecule has 0 aromatic heterocycles. The van der Waals surface area contributed by atoms with Crippen LogP contribution in [0.5, 0.6) is 0 Å². The molecule has 0 saturated carbocycles. The molecule has 0 radical (unpaired) electrons. The van der Waals surface area contributed by atoms with Gasteiger partial charge in [-0.3, -0.25) is 15.1 Å². The number of carbonyl (C=O) groups is 2. The first-order valence-electron chi connectivity index (χ1n) is 11.0. The summed E-state index contributed by atoms with van der Waals surface area (Å²) in [7, 11) is 0. The average Bonchev–Trinajstić information content (AvgIpc) is 2.96. The molecule has 0 aliphatic carbocycles. The zero-order valence-electron chi connectivity index (χ0n) is 19.5. The van der Waals surface area contributed by atoms with Crippen LogP contribution in [0.3, 0.4) is 0 Å². The number of nitrogens with zero attached hydrogens (tertiary/aromatic N) is 1. The summed E-state index contributed by atoms with van der Waals surface area (Å²) >= 11 is 0. The predicted octanol–water partition coefficient (Wildman–Crippen LogP) is 4.84. The summed E-state index contributed by atoms with van der Waals surface area (Å²) < 4.78 is 51.8. The van der Waals surface area contributed by atoms with Gasteiger partial charge in [0, 0.05) is 12.2 Å². The van der Waals surface area contributed by atoms with Crippen molar-refractivity contribution in [2.75, 3.05) is 5.32 Å². The Hall–Kier alpha value is -3.63. The fraction of sp³-hybridized carbons (Fsp3) is 0.375. The zero-order chi connectivity index (χ0) is 26.0. The lowest BCUT2D eigenvalue weighted by Gasteiger charge is -2.24. The Bertz CT molecular complexity index is 1120. The molecule has 1 saturated heterocycles. The van der Waals surface area contributed by atoms with Crippen molar-refractivity contribution in [3.05, 3.63) is 65.0 Å². The van der Waals surface area contributed by atoms with Gasteiger partial charge in [0.1, 0.15) is 11.4 Å². The van der Waals surface area contributed by atoms with Gasteiger partial charge in [-0.05, 0) is 48.6 Å². The van der Waals surface area contributed by atoms with Crippen LogP contribution >= 0.6 is 0 Å². The maximum atomic E-state index is 13.4. The Morgan fingerprint density at radius 1 is 1.14 bits per heavy atom. The lowest BCUT2D eigenvalue weighted by atomic mass is 9.91. The van der Waals surface area contributed by atoms with Crippen molar-refractivity contribution < 1.29 is 27.2 Å². The molecular weight excluding hydrogens is 466 g/mol. The van der Waals surface area contributed by atoms with E-state index in [0.717, 1.165) is 11.6 Å². The second kappa shape index (κ2) is 9.93. The first-order valence-corrected chi connectivity index (χ1v) is 11.0. The van der Waals surface area contributed by atoms with Crippen LogP contribution in [-0.2, 0) is 24.1 Å². The van der Waals surface area contributed by atoms with Gasteiger partial charge in [-0.15, -0.1) is 0 Å². The first kappa shape index (κ1) is 26.0. The highest BCUT2D eigenvalue weighted by molar-refractivity contribution is 6.07. The summed E-state index contributed by atoms with van der Waals surface area (Å²) in [5, 5.41) is 15.9. The summed E-state index contributed by atoms with van der Waals surface area (Å²) in [6, 6.07) is 8.47. The summed E-state index contributed by atoms with van der Waals surface area (Å²) in [6.07, 6.45) is -4.27. The average molecular weight is 494 g/mol. The second-order valence-electron chi connectivity index (χ2n) is 9.11. The Kier molecular flexibility index (Phi) is 7.37. The Labute approximate surface area is 200 Å². The van der Waals surface area contributed by atoms with E-state index >= 15 is 0 Å². The SMILES string of the molecule is CC(C)CC1(C)NC(=N)N(Cc2ccc(CNC(=O)Nc3ccc(F)c(C(F)(F)F)c3)cc2)C1=O. The largest absolute Gasteiger partial charge is 0.419 e. The molecule has 188 valence electrons. The minimum Gasteiger partial charge on any atom is -0.342 e. The molecule has 4 N–H and O–H groups in total. The van der Waals surface area contributed by atoms with E-state index in [-0.39, 0.29) is 36.6 Å². The van der Waals surface area contributed by atoms with Gasteiger partial charge < -0.3 is 16.0 Å². The van der Waals surface area contributed by atoms with E-state index in [9.17, 15) is 27.2 Å². The molecule has 1 fully saturated rings. The van der Waals surface area contributed by atoms with Crippen molar-refractivity contribution in [1.82, 2.24) is 15.5 Å². The molecule has 35 heavy (non-hydrogen) atoms. The summed E-state index contributed by atoms with van der Waals surface area (Å²) in [5.74, 6) is -1.25. The highest BCUT2D eigenvalue weighted by atomic mass is 19.4. The van der Waals surface area contributed by atoms with Gasteiger partial charge in [-0.2, -0.15) is 13.2 Å². The first-order chi connectivity index (χ1) is 16.3. The van der Waals surface area contributed by atoms with E-state index in [2.05, 4.69) is 16.0 Å². The Balaban J connectivity index is 1.55. The number of halogens is 4. The molecule has 1 atom stereocenters. The van der Waals surface area contributed by atoms with Crippen molar-refractivity contribution in [1.29, 1.82) is 5.41 Å². The van der Waals surface area contributed by atoms with E-state index in [4.69, 9.17) is 5.41 Å². The molecule has 1 unspecified atom stereocenters. The van der Waals surface area contributed by atoms with Crippen molar-refractivity contribution in [2.45, 2.75) is 52.0 Å². The lowest BCUT2D eigenvalue weighted by Crippen LogP contribution is -2.44. The highest BCUT2D eigenvalue weighted by Gasteiger charge is 2.45. The quantitative estimate of drug-likeness (QED) is 0.416. The normalized spacial score (nSPS) is 18.1. The van der Waals surface area contributed by atoms with Crippen LogP contribution in [0.15, 0.2) is 42.5 Å². The van der Waals surface area contributed by atoms with Crippen molar-refractivity contribution in [2.24, 2.45) is 5.92 Å². The van der Waals surface area contributed by atoms with Crippen LogP contribution in [0.1, 0.15) is 43.9 Å². The zero-order valence-corrected chi connectivity index (χ0v) is 19.5. The van der Waals surface area contributed by atoms with Crippen LogP contribution in [0.4, 0.5) is 28.0 Å². The lowest BCUT2D eigenvalue weighted by molar-refractivity contribution is -0.140. The van der Waals surface area contributed by atoms with E-state index in [0.29, 0.717) is 24.1 Å². The number of amides is 3. The van der Waals surface area contributed by atoms with Crippen LogP contribution < -0.4 is 16.0 Å². The van der Waals surface area contributed by atoms with E-state index in [1.807, 2.05) is 13.8 Å². The predicted molar refractivity (Wildman–Crippen MR) is 123 cm³/mol. The summed E-state index contributed by atoms with van der Waals surface area (Å²) in [4.78, 5) is 26.3. The topological polar surface area (TPSA) is 97.3 Å². The third-order valence-corrected chi connectivity index (χ3v) is 5.54. The number of anilines is 1. The van der Waals surface area contributed by atoms with Gasteiger partial charge >= 0.3 is 12.2 Å². The molecule has 1 aliphatic rings. The Morgan fingerprint density at radius 2 is 1.77 bits per heavy atom. The van der Waals surface area contributed by atoms with E-state index in [1.165, 1.54) is 4.90 Å². The van der Waals surface area contributed by atoms with Crippen molar-refractivity contribution in [3.63, 3.8) is 0 Å². The standard InChI is InChI=1S/C24H27F4N5O2/c1-14(2)11-23(3)20(34)33(21(29)32-23)13-16-6-4-15(5-7-16)12-30-22(35)31-17-8-9-19(25)18(10-17)24(26,27)28/h4-10,14H,11-13H2,1-3H3,(H2,29,32)(H2,30,31,35). The minimum atomic E-state index is -4.87. The van der Waals surface area contributed by atoms with Crippen LogP contribution in [-0.4, -0.2) is 28.3 Å². The molecule has 3 rings (SSSR count). The number of urea groups is 1. The van der Waals surface area contributed by atoms with Crippen LogP contribution in [0, 0.1) is 17.1 Å². The number of hydrogen-bond donors (Lipinski definition) is 4. The fourth-order valence-corrected chi connectivity index (χ4v) is 4.01. The molecular formula is C24H27F4N5O2. The maximum absolute atomic E-state index is 13.4. The summed E-state index contributed by atoms with van der Waals surface area (Å²) in [6.45, 7) is 6.13. The molecule has 11 heteroatoms. The van der Waals surface area contributed by atoms with Gasteiger partial charge in [0.25, 0.3) is 5.91 Å². The molecule has 7 nitrogen and oxygen atoms in total. The van der Waals surface area contributed by atoms with E-state index < -0.39 is 29.1 Å². The monoisotopic (exact) mass is 493 g/mol. The molecule has 1 heterocycles. The molecule has 1 aliphatic heterocycles. The molecule has 2 aromatic carbocycles. The van der Waals surface area contributed by atoms with Crippen LogP contribution in [0.25, 0.3) is 0 Å². The van der Waals surface area contributed by atoms with Gasteiger partial charge in [-0.25, -0.2) is 9.18 Å². The minimum absolute atomic E-state index is 0.0510. The molecule has 3 amide bonds. The van der Waals surface area contributed by atoms with Gasteiger partial charge in [-0.1, -0.05) is 38.1 Å².